The maximum Gasteiger partial charge on any atom is 0.237 e. The number of anilines is 1. The van der Waals surface area contributed by atoms with Crippen LogP contribution in [0.5, 0.6) is 0 Å². The fraction of sp³-hybridized carbons (Fsp3) is 0.278. The average Bonchev–Trinajstić information content (AvgIpc) is 3.23. The summed E-state index contributed by atoms with van der Waals surface area (Å²) in [6, 6.07) is 5.21. The van der Waals surface area contributed by atoms with E-state index in [-0.39, 0.29) is 0 Å². The molecule has 9 heteroatoms. The molecule has 142 valence electrons. The lowest BCUT2D eigenvalue weighted by atomic mass is 10.2. The van der Waals surface area contributed by atoms with E-state index in [1.165, 1.54) is 6.07 Å². The Morgan fingerprint density at radius 1 is 1.30 bits per heavy atom. The number of furan rings is 1. The summed E-state index contributed by atoms with van der Waals surface area (Å²) in [7, 11) is 0. The number of halogens is 2. The number of nitrogens with one attached hydrogen (secondary N) is 1. The number of rotatable bonds is 6. The zero-order chi connectivity index (χ0) is 19.6. The van der Waals surface area contributed by atoms with Gasteiger partial charge in [0.2, 0.25) is 5.91 Å². The third-order valence-electron chi connectivity index (χ3n) is 4.00. The molecule has 1 N–H and O–H groups in total. The van der Waals surface area contributed by atoms with Crippen molar-refractivity contribution < 1.29 is 18.0 Å². The van der Waals surface area contributed by atoms with Gasteiger partial charge in [-0.1, -0.05) is 17.8 Å². The molecule has 0 radical (unpaired) electrons. The predicted molar refractivity (Wildman–Crippen MR) is 98.4 cm³/mol. The van der Waals surface area contributed by atoms with E-state index >= 15 is 0 Å². The molecule has 0 bridgehead atoms. The van der Waals surface area contributed by atoms with Crippen molar-refractivity contribution >= 4 is 23.4 Å². The Labute approximate surface area is 159 Å². The summed E-state index contributed by atoms with van der Waals surface area (Å²) in [5, 5.41) is 10.5. The minimum absolute atomic E-state index is 0.457. The Bertz CT molecular complexity index is 950. The van der Waals surface area contributed by atoms with Gasteiger partial charge in [-0.05, 0) is 39.0 Å². The van der Waals surface area contributed by atoms with Gasteiger partial charge in [0.25, 0.3) is 0 Å². The third kappa shape index (κ3) is 3.87. The summed E-state index contributed by atoms with van der Waals surface area (Å²) in [5.74, 6) is -0.825. The van der Waals surface area contributed by atoms with Crippen LogP contribution in [0.15, 0.2) is 40.1 Å². The molecule has 2 aromatic heterocycles. The molecule has 0 aliphatic heterocycles. The first-order valence-corrected chi connectivity index (χ1v) is 9.19. The van der Waals surface area contributed by atoms with Gasteiger partial charge in [-0.25, -0.2) is 8.78 Å². The lowest BCUT2D eigenvalue weighted by Gasteiger charge is -2.13. The minimum Gasteiger partial charge on any atom is -0.469 e. The van der Waals surface area contributed by atoms with E-state index in [9.17, 15) is 13.6 Å². The molecule has 6 nitrogen and oxygen atoms in total. The van der Waals surface area contributed by atoms with Crippen molar-refractivity contribution in [1.29, 1.82) is 0 Å². The smallest absolute Gasteiger partial charge is 0.237 e. The molecule has 0 saturated carbocycles. The lowest BCUT2D eigenvalue weighted by molar-refractivity contribution is -0.115. The van der Waals surface area contributed by atoms with E-state index in [0.717, 1.165) is 35.2 Å². The molecule has 3 aromatic rings. The van der Waals surface area contributed by atoms with Crippen molar-refractivity contribution in [1.82, 2.24) is 14.8 Å². The second-order valence-corrected chi connectivity index (χ2v) is 7.09. The first kappa shape index (κ1) is 19.1. The van der Waals surface area contributed by atoms with Crippen molar-refractivity contribution in [2.45, 2.75) is 37.7 Å². The number of benzene rings is 1. The van der Waals surface area contributed by atoms with Crippen molar-refractivity contribution in [3.8, 4) is 11.4 Å². The second-order valence-electron chi connectivity index (χ2n) is 5.79. The van der Waals surface area contributed by atoms with Crippen LogP contribution < -0.4 is 5.32 Å². The Hall–Kier alpha value is -2.68. The molecule has 0 aliphatic rings. The monoisotopic (exact) mass is 392 g/mol. The number of thioether (sulfide) groups is 1. The van der Waals surface area contributed by atoms with Gasteiger partial charge in [0.1, 0.15) is 23.1 Å². The number of para-hydroxylation sites is 1. The molecule has 2 heterocycles. The fourth-order valence-corrected chi connectivity index (χ4v) is 3.44. The SMILES string of the molecule is CCn1c(S[C@@H](C)C(=O)Nc2c(F)cccc2F)nnc1-c1ccoc1C. The number of amides is 1. The molecule has 0 unspecified atom stereocenters. The molecule has 3 rings (SSSR count). The van der Waals surface area contributed by atoms with Gasteiger partial charge in [0.05, 0.1) is 17.1 Å². The van der Waals surface area contributed by atoms with Crippen LogP contribution >= 0.6 is 11.8 Å². The van der Waals surface area contributed by atoms with Gasteiger partial charge in [-0.15, -0.1) is 10.2 Å². The Morgan fingerprint density at radius 2 is 2.00 bits per heavy atom. The predicted octanol–water partition coefficient (Wildman–Crippen LogP) is 4.26. The standard InChI is InChI=1S/C18H18F2N4O2S/c1-4-24-16(12-8-9-26-10(12)2)22-23-18(24)27-11(3)17(25)21-15-13(19)6-5-7-14(15)20/h5-9,11H,4H2,1-3H3,(H,21,25)/t11-/m0/s1. The van der Waals surface area contributed by atoms with E-state index in [0.29, 0.717) is 17.5 Å². The number of hydrogen-bond donors (Lipinski definition) is 1. The van der Waals surface area contributed by atoms with Crippen LogP contribution in [0, 0.1) is 18.6 Å². The molecule has 27 heavy (non-hydrogen) atoms. The van der Waals surface area contributed by atoms with Gasteiger partial charge in [0, 0.05) is 6.54 Å². The van der Waals surface area contributed by atoms with Crippen molar-refractivity contribution in [3.05, 3.63) is 47.9 Å². The fourth-order valence-electron chi connectivity index (χ4n) is 2.53. The largest absolute Gasteiger partial charge is 0.469 e. The van der Waals surface area contributed by atoms with Crippen molar-refractivity contribution in [2.24, 2.45) is 0 Å². The zero-order valence-corrected chi connectivity index (χ0v) is 15.8. The molecule has 0 saturated heterocycles. The van der Waals surface area contributed by atoms with E-state index in [4.69, 9.17) is 4.42 Å². The summed E-state index contributed by atoms with van der Waals surface area (Å²) in [6.45, 7) is 5.99. The Balaban J connectivity index is 1.78. The highest BCUT2D eigenvalue weighted by atomic mass is 32.2. The molecule has 1 amide bonds. The maximum absolute atomic E-state index is 13.7. The number of aromatic nitrogens is 3. The molecule has 1 aromatic carbocycles. The van der Waals surface area contributed by atoms with E-state index in [1.54, 1.807) is 19.3 Å². The van der Waals surface area contributed by atoms with Crippen LogP contribution in [0.1, 0.15) is 19.6 Å². The second kappa shape index (κ2) is 7.91. The average molecular weight is 392 g/mol. The number of carbonyl (C=O) groups excluding carboxylic acids is 1. The third-order valence-corrected chi connectivity index (χ3v) is 5.08. The lowest BCUT2D eigenvalue weighted by Crippen LogP contribution is -2.24. The van der Waals surface area contributed by atoms with Crippen molar-refractivity contribution in [2.75, 3.05) is 5.32 Å². The molecule has 0 spiro atoms. The summed E-state index contributed by atoms with van der Waals surface area (Å²) in [5.41, 5.74) is 0.364. The van der Waals surface area contributed by atoms with Gasteiger partial charge < -0.3 is 14.3 Å². The summed E-state index contributed by atoms with van der Waals surface area (Å²) < 4.78 is 34.6. The van der Waals surface area contributed by atoms with Crippen LogP contribution in [0.3, 0.4) is 0 Å². The van der Waals surface area contributed by atoms with Crippen LogP contribution in [-0.4, -0.2) is 25.9 Å². The number of hydrogen-bond acceptors (Lipinski definition) is 5. The summed E-state index contributed by atoms with van der Waals surface area (Å²) >= 11 is 1.16. The van der Waals surface area contributed by atoms with Crippen molar-refractivity contribution in [3.63, 3.8) is 0 Å². The normalized spacial score (nSPS) is 12.2. The molecular formula is C18H18F2N4O2S. The van der Waals surface area contributed by atoms with E-state index < -0.39 is 28.5 Å². The highest BCUT2D eigenvalue weighted by Crippen LogP contribution is 2.29. The zero-order valence-electron chi connectivity index (χ0n) is 15.0. The Morgan fingerprint density at radius 3 is 2.59 bits per heavy atom. The minimum atomic E-state index is -0.824. The van der Waals surface area contributed by atoms with Gasteiger partial charge in [-0.3, -0.25) is 4.79 Å². The van der Waals surface area contributed by atoms with Crippen LogP contribution in [-0.2, 0) is 11.3 Å². The highest BCUT2D eigenvalue weighted by molar-refractivity contribution is 8.00. The maximum atomic E-state index is 13.7. The van der Waals surface area contributed by atoms with Crippen LogP contribution in [0.25, 0.3) is 11.4 Å². The van der Waals surface area contributed by atoms with Crippen LogP contribution in [0.4, 0.5) is 14.5 Å². The number of nitrogens with zero attached hydrogens (tertiary/aromatic N) is 3. The highest BCUT2D eigenvalue weighted by Gasteiger charge is 2.23. The quantitative estimate of drug-likeness (QED) is 0.635. The summed E-state index contributed by atoms with van der Waals surface area (Å²) in [6.07, 6.45) is 1.57. The van der Waals surface area contributed by atoms with E-state index in [2.05, 4.69) is 15.5 Å². The Kier molecular flexibility index (Phi) is 5.59. The van der Waals surface area contributed by atoms with E-state index in [1.807, 2.05) is 18.4 Å². The van der Waals surface area contributed by atoms with Gasteiger partial charge in [0.15, 0.2) is 11.0 Å². The molecule has 0 fully saturated rings. The van der Waals surface area contributed by atoms with Gasteiger partial charge >= 0.3 is 0 Å². The topological polar surface area (TPSA) is 73.0 Å². The first-order valence-electron chi connectivity index (χ1n) is 8.31. The number of aryl methyl sites for hydroxylation is 1. The summed E-state index contributed by atoms with van der Waals surface area (Å²) in [4.78, 5) is 12.4. The van der Waals surface area contributed by atoms with Crippen LogP contribution in [0.2, 0.25) is 0 Å². The van der Waals surface area contributed by atoms with Gasteiger partial charge in [-0.2, -0.15) is 0 Å². The molecular weight excluding hydrogens is 374 g/mol. The number of carbonyl (C=O) groups is 1. The molecule has 0 aliphatic carbocycles. The first-order chi connectivity index (χ1) is 12.9. The molecule has 1 atom stereocenters.